The number of thiazole rings is 1. The molecule has 2 aromatic rings. The van der Waals surface area contributed by atoms with Crippen molar-refractivity contribution in [1.82, 2.24) is 14.5 Å². The Morgan fingerprint density at radius 2 is 2.40 bits per heavy atom. The third-order valence-corrected chi connectivity index (χ3v) is 3.22. The molecule has 0 amide bonds. The predicted molar refractivity (Wildman–Crippen MR) is 62.2 cm³/mol. The molecule has 15 heavy (non-hydrogen) atoms. The van der Waals surface area contributed by atoms with Gasteiger partial charge in [0.1, 0.15) is 4.47 Å². The summed E-state index contributed by atoms with van der Waals surface area (Å²) >= 11 is 4.73. The average Bonchev–Trinajstić information content (AvgIpc) is 2.59. The van der Waals surface area contributed by atoms with Crippen LogP contribution in [0.5, 0.6) is 0 Å². The zero-order chi connectivity index (χ0) is 10.8. The Morgan fingerprint density at radius 1 is 1.60 bits per heavy atom. The van der Waals surface area contributed by atoms with Gasteiger partial charge in [-0.2, -0.15) is 0 Å². The topological polar surface area (TPSA) is 47.8 Å². The fourth-order valence-corrected chi connectivity index (χ4v) is 2.14. The molecule has 0 unspecified atom stereocenters. The minimum absolute atomic E-state index is 0.0874. The number of rotatable bonds is 2. The summed E-state index contributed by atoms with van der Waals surface area (Å²) in [7, 11) is 0. The highest BCUT2D eigenvalue weighted by Crippen LogP contribution is 2.08. The summed E-state index contributed by atoms with van der Waals surface area (Å²) in [4.78, 5) is 19.9. The minimum Gasteiger partial charge on any atom is -0.292 e. The molecular weight excluding hydrogens is 278 g/mol. The molecule has 2 heterocycles. The van der Waals surface area contributed by atoms with E-state index in [0.717, 1.165) is 10.7 Å². The lowest BCUT2D eigenvalue weighted by Crippen LogP contribution is -2.21. The smallest absolute Gasteiger partial charge is 0.267 e. The lowest BCUT2D eigenvalue weighted by atomic mass is 10.4. The maximum atomic E-state index is 11.6. The molecule has 6 heteroatoms. The van der Waals surface area contributed by atoms with Gasteiger partial charge in [-0.3, -0.25) is 9.36 Å². The molecule has 0 saturated carbocycles. The van der Waals surface area contributed by atoms with Gasteiger partial charge in [0.25, 0.3) is 5.56 Å². The molecule has 0 saturated heterocycles. The van der Waals surface area contributed by atoms with Crippen molar-refractivity contribution in [1.29, 1.82) is 0 Å². The summed E-state index contributed by atoms with van der Waals surface area (Å²) < 4.78 is 2.00. The van der Waals surface area contributed by atoms with Gasteiger partial charge in [0.2, 0.25) is 0 Å². The van der Waals surface area contributed by atoms with E-state index in [0.29, 0.717) is 11.0 Å². The first-order valence-corrected chi connectivity index (χ1v) is 5.95. The molecule has 0 fully saturated rings. The van der Waals surface area contributed by atoms with Crippen molar-refractivity contribution in [2.24, 2.45) is 0 Å². The zero-order valence-electron chi connectivity index (χ0n) is 7.98. The van der Waals surface area contributed by atoms with Crippen molar-refractivity contribution in [3.05, 3.63) is 43.4 Å². The van der Waals surface area contributed by atoms with Crippen LogP contribution < -0.4 is 5.56 Å². The summed E-state index contributed by atoms with van der Waals surface area (Å²) in [5, 5.41) is 2.95. The van der Waals surface area contributed by atoms with Crippen molar-refractivity contribution in [2.45, 2.75) is 13.5 Å². The summed E-state index contributed by atoms with van der Waals surface area (Å²) in [5.74, 6) is 0. The van der Waals surface area contributed by atoms with Gasteiger partial charge in [0.05, 0.1) is 23.6 Å². The molecule has 0 aromatic carbocycles. The lowest BCUT2D eigenvalue weighted by Gasteiger charge is -2.01. The van der Waals surface area contributed by atoms with E-state index in [9.17, 15) is 4.79 Å². The van der Waals surface area contributed by atoms with Gasteiger partial charge in [-0.05, 0) is 22.9 Å². The van der Waals surface area contributed by atoms with Crippen molar-refractivity contribution >= 4 is 27.3 Å². The van der Waals surface area contributed by atoms with E-state index in [4.69, 9.17) is 0 Å². The Morgan fingerprint density at radius 3 is 3.07 bits per heavy atom. The average molecular weight is 286 g/mol. The first kappa shape index (κ1) is 10.5. The van der Waals surface area contributed by atoms with E-state index in [1.165, 1.54) is 17.1 Å². The van der Waals surface area contributed by atoms with Crippen LogP contribution in [0.4, 0.5) is 0 Å². The highest BCUT2D eigenvalue weighted by Gasteiger charge is 2.03. The highest BCUT2D eigenvalue weighted by atomic mass is 79.9. The van der Waals surface area contributed by atoms with Crippen LogP contribution in [-0.2, 0) is 6.54 Å². The van der Waals surface area contributed by atoms with E-state index in [2.05, 4.69) is 25.9 Å². The molecule has 78 valence electrons. The molecule has 0 aliphatic heterocycles. The number of aryl methyl sites for hydroxylation is 1. The standard InChI is InChI=1S/C9H8BrN3OS/c1-6-12-7(4-15-6)3-13-5-11-2-8(10)9(13)14/h2,4-5H,3H2,1H3. The molecule has 0 bridgehead atoms. The van der Waals surface area contributed by atoms with Gasteiger partial charge < -0.3 is 0 Å². The van der Waals surface area contributed by atoms with Crippen LogP contribution >= 0.6 is 27.3 Å². The van der Waals surface area contributed by atoms with Crippen molar-refractivity contribution < 1.29 is 0 Å². The number of halogens is 1. The Hall–Kier alpha value is -1.01. The van der Waals surface area contributed by atoms with E-state index >= 15 is 0 Å². The summed E-state index contributed by atoms with van der Waals surface area (Å²) in [6.45, 7) is 2.41. The van der Waals surface area contributed by atoms with Crippen LogP contribution in [0.25, 0.3) is 0 Å². The third-order valence-electron chi connectivity index (χ3n) is 1.86. The molecule has 4 nitrogen and oxygen atoms in total. The molecule has 0 aliphatic carbocycles. The molecule has 0 radical (unpaired) electrons. The van der Waals surface area contributed by atoms with E-state index in [1.807, 2.05) is 12.3 Å². The lowest BCUT2D eigenvalue weighted by molar-refractivity contribution is 0.716. The quantitative estimate of drug-likeness (QED) is 0.846. The van der Waals surface area contributed by atoms with E-state index in [-0.39, 0.29) is 5.56 Å². The van der Waals surface area contributed by atoms with E-state index < -0.39 is 0 Å². The van der Waals surface area contributed by atoms with Crippen LogP contribution in [-0.4, -0.2) is 14.5 Å². The Bertz CT molecular complexity index is 534. The molecule has 0 aliphatic rings. The predicted octanol–water partition coefficient (Wildman–Crippen LogP) is 1.82. The second-order valence-electron chi connectivity index (χ2n) is 3.03. The Balaban J connectivity index is 2.32. The molecule has 2 rings (SSSR count). The zero-order valence-corrected chi connectivity index (χ0v) is 10.4. The van der Waals surface area contributed by atoms with Crippen molar-refractivity contribution in [2.75, 3.05) is 0 Å². The first-order chi connectivity index (χ1) is 7.16. The van der Waals surface area contributed by atoms with Gasteiger partial charge in [-0.1, -0.05) is 0 Å². The summed E-state index contributed by atoms with van der Waals surface area (Å²) in [6, 6.07) is 0. The second kappa shape index (κ2) is 4.24. The molecule has 0 spiro atoms. The largest absolute Gasteiger partial charge is 0.292 e. The number of nitrogens with zero attached hydrogens (tertiary/aromatic N) is 3. The minimum atomic E-state index is -0.0874. The van der Waals surface area contributed by atoms with Crippen LogP contribution in [0.2, 0.25) is 0 Å². The van der Waals surface area contributed by atoms with Crippen LogP contribution in [0.15, 0.2) is 27.2 Å². The number of hydrogen-bond acceptors (Lipinski definition) is 4. The van der Waals surface area contributed by atoms with Crippen LogP contribution in [0.3, 0.4) is 0 Å². The van der Waals surface area contributed by atoms with Gasteiger partial charge >= 0.3 is 0 Å². The maximum Gasteiger partial charge on any atom is 0.267 e. The van der Waals surface area contributed by atoms with Crippen molar-refractivity contribution in [3.8, 4) is 0 Å². The highest BCUT2D eigenvalue weighted by molar-refractivity contribution is 9.10. The normalized spacial score (nSPS) is 10.5. The van der Waals surface area contributed by atoms with Gasteiger partial charge in [0, 0.05) is 11.6 Å². The summed E-state index contributed by atoms with van der Waals surface area (Å²) in [6.07, 6.45) is 3.01. The molecule has 0 N–H and O–H groups in total. The number of aromatic nitrogens is 3. The molecule has 2 aromatic heterocycles. The van der Waals surface area contributed by atoms with Gasteiger partial charge in [-0.15, -0.1) is 11.3 Å². The Kier molecular flexibility index (Phi) is 2.97. The summed E-state index contributed by atoms with van der Waals surface area (Å²) in [5.41, 5.74) is 0.801. The third kappa shape index (κ3) is 2.32. The van der Waals surface area contributed by atoms with Gasteiger partial charge in [0.15, 0.2) is 0 Å². The molecular formula is C9H8BrN3OS. The monoisotopic (exact) mass is 285 g/mol. The second-order valence-corrected chi connectivity index (χ2v) is 4.95. The molecule has 0 atom stereocenters. The van der Waals surface area contributed by atoms with Gasteiger partial charge in [-0.25, -0.2) is 9.97 Å². The fraction of sp³-hybridized carbons (Fsp3) is 0.222. The SMILES string of the molecule is Cc1nc(Cn2cncc(Br)c2=O)cs1. The number of hydrogen-bond donors (Lipinski definition) is 0. The van der Waals surface area contributed by atoms with Crippen LogP contribution in [0, 0.1) is 6.92 Å². The van der Waals surface area contributed by atoms with Crippen LogP contribution in [0.1, 0.15) is 10.7 Å². The van der Waals surface area contributed by atoms with Crippen molar-refractivity contribution in [3.63, 3.8) is 0 Å². The Labute approximate surface area is 98.8 Å². The maximum absolute atomic E-state index is 11.6. The fourth-order valence-electron chi connectivity index (χ4n) is 1.19. The first-order valence-electron chi connectivity index (χ1n) is 4.28. The van der Waals surface area contributed by atoms with E-state index in [1.54, 1.807) is 11.3 Å².